The summed E-state index contributed by atoms with van der Waals surface area (Å²) in [6.45, 7) is 4.44. The van der Waals surface area contributed by atoms with E-state index >= 15 is 0 Å². The fourth-order valence-electron chi connectivity index (χ4n) is 2.92. The Bertz CT molecular complexity index is 553. The van der Waals surface area contributed by atoms with Gasteiger partial charge in [0, 0.05) is 12.6 Å². The molecule has 2 rings (SSSR count). The first-order valence-corrected chi connectivity index (χ1v) is 9.14. The zero-order valence-electron chi connectivity index (χ0n) is 12.7. The van der Waals surface area contributed by atoms with Crippen molar-refractivity contribution in [2.75, 3.05) is 6.61 Å². The van der Waals surface area contributed by atoms with Crippen molar-refractivity contribution in [2.45, 2.75) is 50.5 Å². The van der Waals surface area contributed by atoms with Crippen molar-refractivity contribution in [2.24, 2.45) is 11.8 Å². The number of sulfonamides is 1. The zero-order chi connectivity index (χ0) is 15.5. The minimum absolute atomic E-state index is 0.0408. The monoisotopic (exact) mass is 311 g/mol. The van der Waals surface area contributed by atoms with E-state index in [2.05, 4.69) is 18.6 Å². The quantitative estimate of drug-likeness (QED) is 0.847. The van der Waals surface area contributed by atoms with Crippen LogP contribution in [0.3, 0.4) is 0 Å². The molecular weight excluding hydrogens is 286 g/mol. The second-order valence-electron chi connectivity index (χ2n) is 6.11. The molecule has 1 fully saturated rings. The summed E-state index contributed by atoms with van der Waals surface area (Å²) in [5.41, 5.74) is 1.05. The first kappa shape index (κ1) is 16.5. The molecule has 3 unspecified atom stereocenters. The first-order valence-electron chi connectivity index (χ1n) is 7.66. The largest absolute Gasteiger partial charge is 0.396 e. The zero-order valence-corrected chi connectivity index (χ0v) is 13.6. The summed E-state index contributed by atoms with van der Waals surface area (Å²) in [6.07, 6.45) is 3.45. The Balaban J connectivity index is 2.05. The molecule has 1 saturated carbocycles. The van der Waals surface area contributed by atoms with Gasteiger partial charge in [0.1, 0.15) is 0 Å². The van der Waals surface area contributed by atoms with Crippen LogP contribution in [0.25, 0.3) is 0 Å². The van der Waals surface area contributed by atoms with Crippen LogP contribution in [-0.4, -0.2) is 26.2 Å². The van der Waals surface area contributed by atoms with E-state index in [0.717, 1.165) is 24.8 Å². The number of hydrogen-bond acceptors (Lipinski definition) is 3. The summed E-state index contributed by atoms with van der Waals surface area (Å²) in [7, 11) is -3.44. The molecule has 0 radical (unpaired) electrons. The maximum atomic E-state index is 12.4. The second kappa shape index (κ2) is 6.90. The third kappa shape index (κ3) is 4.05. The molecule has 0 aliphatic heterocycles. The SMILES string of the molecule is CC1CCC(NS(=O)(=O)c2ccc(CCCO)cc2)C1C. The first-order chi connectivity index (χ1) is 9.94. The van der Waals surface area contributed by atoms with Gasteiger partial charge in [-0.3, -0.25) is 0 Å². The second-order valence-corrected chi connectivity index (χ2v) is 7.83. The summed E-state index contributed by atoms with van der Waals surface area (Å²) in [5.74, 6) is 0.946. The van der Waals surface area contributed by atoms with E-state index in [1.807, 2.05) is 12.1 Å². The molecule has 5 heteroatoms. The Labute approximate surface area is 127 Å². The van der Waals surface area contributed by atoms with Crippen LogP contribution < -0.4 is 4.72 Å². The highest BCUT2D eigenvalue weighted by Gasteiger charge is 2.32. The van der Waals surface area contributed by atoms with Gasteiger partial charge in [-0.2, -0.15) is 0 Å². The van der Waals surface area contributed by atoms with Gasteiger partial charge < -0.3 is 5.11 Å². The topological polar surface area (TPSA) is 66.4 Å². The van der Waals surface area contributed by atoms with Gasteiger partial charge in [0.2, 0.25) is 10.0 Å². The third-order valence-electron chi connectivity index (χ3n) is 4.63. The van der Waals surface area contributed by atoms with Crippen molar-refractivity contribution in [1.82, 2.24) is 4.72 Å². The maximum absolute atomic E-state index is 12.4. The highest BCUT2D eigenvalue weighted by molar-refractivity contribution is 7.89. The van der Waals surface area contributed by atoms with E-state index in [1.54, 1.807) is 12.1 Å². The van der Waals surface area contributed by atoms with Gasteiger partial charge in [0.15, 0.2) is 0 Å². The minimum atomic E-state index is -3.44. The van der Waals surface area contributed by atoms with Crippen molar-refractivity contribution >= 4 is 10.0 Å². The number of nitrogens with one attached hydrogen (secondary N) is 1. The molecule has 2 N–H and O–H groups in total. The van der Waals surface area contributed by atoms with Gasteiger partial charge in [-0.05, 0) is 55.2 Å². The number of aliphatic hydroxyl groups excluding tert-OH is 1. The molecule has 1 aliphatic carbocycles. The lowest BCUT2D eigenvalue weighted by Crippen LogP contribution is -2.37. The van der Waals surface area contributed by atoms with Crippen LogP contribution in [0.1, 0.15) is 38.7 Å². The van der Waals surface area contributed by atoms with E-state index in [4.69, 9.17) is 5.11 Å². The number of aliphatic hydroxyl groups is 1. The Morgan fingerprint density at radius 1 is 1.19 bits per heavy atom. The molecule has 0 spiro atoms. The predicted octanol–water partition coefficient (Wildman–Crippen LogP) is 2.32. The maximum Gasteiger partial charge on any atom is 0.240 e. The van der Waals surface area contributed by atoms with Gasteiger partial charge in [0.25, 0.3) is 0 Å². The van der Waals surface area contributed by atoms with Crippen molar-refractivity contribution < 1.29 is 13.5 Å². The summed E-state index contributed by atoms with van der Waals surface area (Å²) >= 11 is 0. The highest BCUT2D eigenvalue weighted by atomic mass is 32.2. The molecule has 1 aromatic carbocycles. The number of rotatable bonds is 6. The molecule has 0 heterocycles. The third-order valence-corrected chi connectivity index (χ3v) is 6.13. The van der Waals surface area contributed by atoms with Crippen molar-refractivity contribution in [3.8, 4) is 0 Å². The molecule has 0 aromatic heterocycles. The lowest BCUT2D eigenvalue weighted by molar-refractivity contribution is 0.288. The van der Waals surface area contributed by atoms with Crippen LogP contribution in [0, 0.1) is 11.8 Å². The normalized spacial score (nSPS) is 26.1. The standard InChI is InChI=1S/C16H25NO3S/c1-12-5-10-16(13(12)2)17-21(19,20)15-8-6-14(7-9-15)4-3-11-18/h6-9,12-13,16-18H,3-5,10-11H2,1-2H3. The number of benzene rings is 1. The number of hydrogen-bond donors (Lipinski definition) is 2. The van der Waals surface area contributed by atoms with Crippen LogP contribution in [0.15, 0.2) is 29.2 Å². The lowest BCUT2D eigenvalue weighted by Gasteiger charge is -2.19. The molecule has 118 valence electrons. The summed E-state index contributed by atoms with van der Waals surface area (Å²) < 4.78 is 27.7. The molecule has 4 nitrogen and oxygen atoms in total. The van der Waals surface area contributed by atoms with E-state index in [-0.39, 0.29) is 12.6 Å². The van der Waals surface area contributed by atoms with Gasteiger partial charge in [0.05, 0.1) is 4.90 Å². The molecule has 1 aromatic rings. The summed E-state index contributed by atoms with van der Waals surface area (Å²) in [4.78, 5) is 0.321. The van der Waals surface area contributed by atoms with E-state index in [9.17, 15) is 8.42 Å². The fourth-order valence-corrected chi connectivity index (χ4v) is 4.28. The summed E-state index contributed by atoms with van der Waals surface area (Å²) in [5, 5.41) is 8.81. The molecule has 21 heavy (non-hydrogen) atoms. The molecule has 0 amide bonds. The van der Waals surface area contributed by atoms with Gasteiger partial charge in [-0.15, -0.1) is 0 Å². The minimum Gasteiger partial charge on any atom is -0.396 e. The van der Waals surface area contributed by atoms with Crippen molar-refractivity contribution in [1.29, 1.82) is 0 Å². The molecule has 0 saturated heterocycles. The predicted molar refractivity (Wildman–Crippen MR) is 83.5 cm³/mol. The smallest absolute Gasteiger partial charge is 0.240 e. The van der Waals surface area contributed by atoms with Crippen LogP contribution in [-0.2, 0) is 16.4 Å². The molecule has 0 bridgehead atoms. The van der Waals surface area contributed by atoms with Gasteiger partial charge >= 0.3 is 0 Å². The molecule has 1 aliphatic rings. The average Bonchev–Trinajstić information content (AvgIpc) is 2.77. The fraction of sp³-hybridized carbons (Fsp3) is 0.625. The van der Waals surface area contributed by atoms with Crippen LogP contribution in [0.5, 0.6) is 0 Å². The lowest BCUT2D eigenvalue weighted by atomic mass is 9.98. The van der Waals surface area contributed by atoms with Crippen molar-refractivity contribution in [3.63, 3.8) is 0 Å². The van der Waals surface area contributed by atoms with Crippen LogP contribution >= 0.6 is 0 Å². The highest BCUT2D eigenvalue weighted by Crippen LogP contribution is 2.32. The Kier molecular flexibility index (Phi) is 5.41. The summed E-state index contributed by atoms with van der Waals surface area (Å²) in [6, 6.07) is 6.99. The van der Waals surface area contributed by atoms with E-state index in [0.29, 0.717) is 23.2 Å². The van der Waals surface area contributed by atoms with Crippen molar-refractivity contribution in [3.05, 3.63) is 29.8 Å². The van der Waals surface area contributed by atoms with E-state index in [1.165, 1.54) is 0 Å². The Morgan fingerprint density at radius 2 is 1.86 bits per heavy atom. The molecular formula is C16H25NO3S. The average molecular weight is 311 g/mol. The number of aryl methyl sites for hydroxylation is 1. The van der Waals surface area contributed by atoms with Crippen LogP contribution in [0.4, 0.5) is 0 Å². The Hall–Kier alpha value is -0.910. The molecule has 3 atom stereocenters. The van der Waals surface area contributed by atoms with E-state index < -0.39 is 10.0 Å². The van der Waals surface area contributed by atoms with Gasteiger partial charge in [-0.25, -0.2) is 13.1 Å². The van der Waals surface area contributed by atoms with Crippen LogP contribution in [0.2, 0.25) is 0 Å². The Morgan fingerprint density at radius 3 is 2.38 bits per heavy atom. The van der Waals surface area contributed by atoms with Gasteiger partial charge in [-0.1, -0.05) is 26.0 Å².